The Bertz CT molecular complexity index is 815. The van der Waals surface area contributed by atoms with Gasteiger partial charge >= 0.3 is 11.9 Å². The third-order valence-corrected chi connectivity index (χ3v) is 3.77. The molecule has 1 heterocycles. The van der Waals surface area contributed by atoms with Crippen molar-refractivity contribution >= 4 is 23.5 Å². The lowest BCUT2D eigenvalue weighted by molar-refractivity contribution is -0.125. The molecule has 0 saturated heterocycles. The number of ether oxygens (including phenoxy) is 2. The summed E-state index contributed by atoms with van der Waals surface area (Å²) in [7, 11) is 1.26. The van der Waals surface area contributed by atoms with E-state index in [0.717, 1.165) is 5.56 Å². The fraction of sp³-hybridized carbons (Fsp3) is 0.167. The van der Waals surface area contributed by atoms with Gasteiger partial charge in [0.25, 0.3) is 5.91 Å². The monoisotopic (exact) mass is 325 g/mol. The second-order valence-electron chi connectivity index (χ2n) is 5.28. The highest BCUT2D eigenvalue weighted by Gasteiger charge is 2.31. The Labute approximate surface area is 138 Å². The first kappa shape index (κ1) is 15.7. The summed E-state index contributed by atoms with van der Waals surface area (Å²) in [6, 6.07) is 13.5. The number of benzene rings is 2. The lowest BCUT2D eigenvalue weighted by Crippen LogP contribution is -2.38. The number of esters is 2. The molecule has 0 radical (unpaired) electrons. The van der Waals surface area contributed by atoms with Gasteiger partial charge in [-0.15, -0.1) is 0 Å². The molecule has 1 atom stereocenters. The van der Waals surface area contributed by atoms with Gasteiger partial charge in [0, 0.05) is 6.42 Å². The van der Waals surface area contributed by atoms with Crippen molar-refractivity contribution in [3.8, 4) is 0 Å². The van der Waals surface area contributed by atoms with Gasteiger partial charge in [0.1, 0.15) is 0 Å². The van der Waals surface area contributed by atoms with E-state index >= 15 is 0 Å². The molecule has 1 aliphatic rings. The third-order valence-electron chi connectivity index (χ3n) is 3.77. The number of hydrogen-bond donors (Lipinski definition) is 1. The van der Waals surface area contributed by atoms with Crippen LogP contribution in [0.4, 0.5) is 5.69 Å². The number of carbonyl (C=O) groups is 3. The molecule has 0 saturated carbocycles. The number of amides is 1. The number of anilines is 1. The standard InChI is InChI=1S/C18H15NO5/c1-23-17(21)13-8-4-5-9-14(13)19-16(20)15-10-11-6-2-3-7-12(11)18(22)24-15/h2-9,15H,10H2,1H3,(H,19,20)/t15-/m1/s1. The summed E-state index contributed by atoms with van der Waals surface area (Å²) in [5.41, 5.74) is 1.77. The topological polar surface area (TPSA) is 81.7 Å². The van der Waals surface area contributed by atoms with Crippen LogP contribution in [0.1, 0.15) is 26.3 Å². The number of nitrogens with one attached hydrogen (secondary N) is 1. The van der Waals surface area contributed by atoms with Gasteiger partial charge in [-0.05, 0) is 23.8 Å². The van der Waals surface area contributed by atoms with Crippen LogP contribution in [0.15, 0.2) is 48.5 Å². The smallest absolute Gasteiger partial charge is 0.339 e. The number of methoxy groups -OCH3 is 1. The lowest BCUT2D eigenvalue weighted by atomic mass is 9.98. The number of cyclic esters (lactones) is 1. The highest BCUT2D eigenvalue weighted by atomic mass is 16.5. The molecule has 2 aromatic carbocycles. The van der Waals surface area contributed by atoms with Gasteiger partial charge < -0.3 is 14.8 Å². The van der Waals surface area contributed by atoms with Crippen LogP contribution in [0, 0.1) is 0 Å². The molecule has 1 N–H and O–H groups in total. The number of para-hydroxylation sites is 1. The van der Waals surface area contributed by atoms with E-state index in [0.29, 0.717) is 11.3 Å². The van der Waals surface area contributed by atoms with Crippen LogP contribution in [0.2, 0.25) is 0 Å². The average molecular weight is 325 g/mol. The van der Waals surface area contributed by atoms with Gasteiger partial charge in [0.2, 0.25) is 0 Å². The summed E-state index contributed by atoms with van der Waals surface area (Å²) in [6.07, 6.45) is -0.660. The molecular weight excluding hydrogens is 310 g/mol. The summed E-state index contributed by atoms with van der Waals surface area (Å²) in [6.45, 7) is 0. The Balaban J connectivity index is 1.80. The third kappa shape index (κ3) is 2.99. The molecule has 6 nitrogen and oxygen atoms in total. The fourth-order valence-corrected chi connectivity index (χ4v) is 2.57. The predicted molar refractivity (Wildman–Crippen MR) is 85.8 cm³/mol. The van der Waals surface area contributed by atoms with E-state index in [-0.39, 0.29) is 12.0 Å². The van der Waals surface area contributed by atoms with E-state index < -0.39 is 23.9 Å². The Hall–Kier alpha value is -3.15. The van der Waals surface area contributed by atoms with Crippen molar-refractivity contribution in [2.75, 3.05) is 12.4 Å². The van der Waals surface area contributed by atoms with Crippen molar-refractivity contribution in [2.45, 2.75) is 12.5 Å². The zero-order valence-corrected chi connectivity index (χ0v) is 12.9. The van der Waals surface area contributed by atoms with Crippen LogP contribution in [0.3, 0.4) is 0 Å². The summed E-state index contributed by atoms with van der Waals surface area (Å²) in [5, 5.41) is 2.63. The molecule has 6 heteroatoms. The Morgan fingerprint density at radius 2 is 1.83 bits per heavy atom. The minimum absolute atomic E-state index is 0.232. The van der Waals surface area contributed by atoms with Crippen molar-refractivity contribution in [1.82, 2.24) is 0 Å². The lowest BCUT2D eigenvalue weighted by Gasteiger charge is -2.24. The number of rotatable bonds is 3. The molecule has 1 aliphatic heterocycles. The molecule has 1 amide bonds. The molecule has 0 fully saturated rings. The van der Waals surface area contributed by atoms with E-state index in [4.69, 9.17) is 9.47 Å². The van der Waals surface area contributed by atoms with Crippen molar-refractivity contribution < 1.29 is 23.9 Å². The van der Waals surface area contributed by atoms with Gasteiger partial charge in [-0.1, -0.05) is 30.3 Å². The zero-order valence-electron chi connectivity index (χ0n) is 12.9. The van der Waals surface area contributed by atoms with Gasteiger partial charge in [-0.3, -0.25) is 4.79 Å². The molecule has 3 rings (SSSR count). The van der Waals surface area contributed by atoms with Crippen LogP contribution in [-0.4, -0.2) is 31.1 Å². The van der Waals surface area contributed by atoms with Gasteiger partial charge in [0.05, 0.1) is 23.9 Å². The highest BCUT2D eigenvalue weighted by molar-refractivity contribution is 6.04. The van der Waals surface area contributed by atoms with E-state index in [1.165, 1.54) is 7.11 Å². The summed E-state index contributed by atoms with van der Waals surface area (Å²) < 4.78 is 9.90. The molecular formula is C18H15NO5. The molecule has 122 valence electrons. The molecule has 0 spiro atoms. The van der Waals surface area contributed by atoms with Crippen molar-refractivity contribution in [3.63, 3.8) is 0 Å². The first-order valence-electron chi connectivity index (χ1n) is 7.37. The van der Waals surface area contributed by atoms with Crippen LogP contribution < -0.4 is 5.32 Å². The highest BCUT2D eigenvalue weighted by Crippen LogP contribution is 2.22. The maximum Gasteiger partial charge on any atom is 0.339 e. The molecule has 0 unspecified atom stereocenters. The summed E-state index contributed by atoms with van der Waals surface area (Å²) in [4.78, 5) is 36.2. The Morgan fingerprint density at radius 3 is 2.62 bits per heavy atom. The number of carbonyl (C=O) groups excluding carboxylic acids is 3. The van der Waals surface area contributed by atoms with E-state index in [2.05, 4.69) is 5.32 Å². The van der Waals surface area contributed by atoms with Crippen LogP contribution in [-0.2, 0) is 20.7 Å². The van der Waals surface area contributed by atoms with Crippen molar-refractivity contribution in [1.29, 1.82) is 0 Å². The van der Waals surface area contributed by atoms with E-state index in [9.17, 15) is 14.4 Å². The maximum atomic E-state index is 12.4. The first-order valence-corrected chi connectivity index (χ1v) is 7.37. The second-order valence-corrected chi connectivity index (χ2v) is 5.28. The number of fused-ring (bicyclic) bond motifs is 1. The Morgan fingerprint density at radius 1 is 1.12 bits per heavy atom. The zero-order chi connectivity index (χ0) is 17.1. The fourth-order valence-electron chi connectivity index (χ4n) is 2.57. The maximum absolute atomic E-state index is 12.4. The molecule has 0 aliphatic carbocycles. The van der Waals surface area contributed by atoms with Crippen molar-refractivity contribution in [3.05, 3.63) is 65.2 Å². The van der Waals surface area contributed by atoms with Gasteiger partial charge in [0.15, 0.2) is 6.10 Å². The van der Waals surface area contributed by atoms with Crippen LogP contribution in [0.5, 0.6) is 0 Å². The summed E-state index contributed by atoms with van der Waals surface area (Å²) >= 11 is 0. The number of hydrogen-bond acceptors (Lipinski definition) is 5. The van der Waals surface area contributed by atoms with Gasteiger partial charge in [-0.25, -0.2) is 9.59 Å². The summed E-state index contributed by atoms with van der Waals surface area (Å²) in [5.74, 6) is -1.58. The second kappa shape index (κ2) is 6.54. The molecule has 0 bridgehead atoms. The molecule has 0 aromatic heterocycles. The molecule has 24 heavy (non-hydrogen) atoms. The van der Waals surface area contributed by atoms with Crippen LogP contribution in [0.25, 0.3) is 0 Å². The van der Waals surface area contributed by atoms with E-state index in [1.807, 2.05) is 0 Å². The average Bonchev–Trinajstić information content (AvgIpc) is 2.61. The normalized spacial score (nSPS) is 15.9. The SMILES string of the molecule is COC(=O)c1ccccc1NC(=O)[C@H]1Cc2ccccc2C(=O)O1. The minimum atomic E-state index is -0.946. The van der Waals surface area contributed by atoms with Gasteiger partial charge in [-0.2, -0.15) is 0 Å². The predicted octanol–water partition coefficient (Wildman–Crippen LogP) is 2.19. The minimum Gasteiger partial charge on any atom is -0.465 e. The quantitative estimate of drug-likeness (QED) is 0.875. The van der Waals surface area contributed by atoms with Crippen LogP contribution >= 0.6 is 0 Å². The largest absolute Gasteiger partial charge is 0.465 e. The first-order chi connectivity index (χ1) is 11.6. The Kier molecular flexibility index (Phi) is 4.29. The molecule has 2 aromatic rings. The van der Waals surface area contributed by atoms with Crippen molar-refractivity contribution in [2.24, 2.45) is 0 Å². The van der Waals surface area contributed by atoms with E-state index in [1.54, 1.807) is 48.5 Å².